The van der Waals surface area contributed by atoms with Crippen LogP contribution in [0.15, 0.2) is 39.5 Å². The van der Waals surface area contributed by atoms with Crippen molar-refractivity contribution in [2.24, 2.45) is 0 Å². The first kappa shape index (κ1) is 10.0. The van der Waals surface area contributed by atoms with Crippen LogP contribution >= 0.6 is 0 Å². The Kier molecular flexibility index (Phi) is 2.47. The Balaban J connectivity index is 2.11. The van der Waals surface area contributed by atoms with E-state index >= 15 is 0 Å². The number of aromatic carboxylic acids is 1. The first-order valence-corrected chi connectivity index (χ1v) is 4.28. The number of hydrogen-bond donors (Lipinski definition) is 1. The highest BCUT2D eigenvalue weighted by molar-refractivity contribution is 5.99. The zero-order valence-corrected chi connectivity index (χ0v) is 7.88. The fourth-order valence-corrected chi connectivity index (χ4v) is 1.03. The molecule has 0 aliphatic rings. The van der Waals surface area contributed by atoms with Crippen LogP contribution in [-0.4, -0.2) is 17.0 Å². The van der Waals surface area contributed by atoms with E-state index in [-0.39, 0.29) is 0 Å². The Bertz CT molecular complexity index is 506. The van der Waals surface area contributed by atoms with Gasteiger partial charge in [0.1, 0.15) is 5.75 Å². The number of benzene rings is 1. The minimum absolute atomic E-state index is 0.292. The van der Waals surface area contributed by atoms with Crippen molar-refractivity contribution in [1.29, 1.82) is 0 Å². The van der Waals surface area contributed by atoms with Gasteiger partial charge >= 0.3 is 23.5 Å². The Labute approximate surface area is 89.0 Å². The molecule has 0 aliphatic carbocycles. The number of hydrogen-bond acceptors (Lipinski definition) is 5. The number of para-hydroxylation sites is 1. The average molecular weight is 222 g/mol. The predicted molar refractivity (Wildman–Crippen MR) is 49.3 cm³/mol. The number of esters is 1. The summed E-state index contributed by atoms with van der Waals surface area (Å²) in [6.07, 6.45) is 0. The molecule has 1 heterocycles. The Morgan fingerprint density at radius 3 is 2.19 bits per heavy atom. The molecule has 2 rings (SSSR count). The van der Waals surface area contributed by atoms with Gasteiger partial charge in [0.25, 0.3) is 0 Å². The Hall–Kier alpha value is -2.50. The number of carbonyl (C=O) groups is 2. The van der Waals surface area contributed by atoms with Crippen molar-refractivity contribution >= 4 is 11.9 Å². The van der Waals surface area contributed by atoms with E-state index in [1.54, 1.807) is 30.3 Å². The fourth-order valence-electron chi connectivity index (χ4n) is 1.03. The van der Waals surface area contributed by atoms with Crippen LogP contribution in [0.3, 0.4) is 0 Å². The molecule has 6 nitrogen and oxygen atoms in total. The standard InChI is InChI=1S/C10H6O6/c11-9(12)7-8(16-15-7)10(13)14-6-4-2-1-3-5-6/h1-5H,(H,11,12). The van der Waals surface area contributed by atoms with Gasteiger partial charge in [-0.3, -0.25) is 9.15 Å². The van der Waals surface area contributed by atoms with Crippen molar-refractivity contribution in [3.05, 3.63) is 41.9 Å². The van der Waals surface area contributed by atoms with Gasteiger partial charge < -0.3 is 9.84 Å². The van der Waals surface area contributed by atoms with Crippen LogP contribution in [0.4, 0.5) is 0 Å². The van der Waals surface area contributed by atoms with Crippen molar-refractivity contribution in [3.63, 3.8) is 0 Å². The lowest BCUT2D eigenvalue weighted by atomic mass is 10.3. The molecule has 0 aliphatic heterocycles. The molecule has 0 spiro atoms. The minimum Gasteiger partial charge on any atom is -0.475 e. The molecule has 82 valence electrons. The first-order valence-electron chi connectivity index (χ1n) is 4.28. The van der Waals surface area contributed by atoms with E-state index in [0.29, 0.717) is 5.75 Å². The molecule has 0 radical (unpaired) electrons. The summed E-state index contributed by atoms with van der Waals surface area (Å²) >= 11 is 0. The van der Waals surface area contributed by atoms with Gasteiger partial charge in [0, 0.05) is 0 Å². The maximum Gasteiger partial charge on any atom is 0.388 e. The van der Waals surface area contributed by atoms with E-state index < -0.39 is 23.5 Å². The van der Waals surface area contributed by atoms with Crippen LogP contribution in [-0.2, 0) is 0 Å². The summed E-state index contributed by atoms with van der Waals surface area (Å²) in [6.45, 7) is 0. The number of carbonyl (C=O) groups excluding carboxylic acids is 1. The summed E-state index contributed by atoms with van der Waals surface area (Å²) in [5.74, 6) is -3.00. The normalized spacial score (nSPS) is 10.0. The summed E-state index contributed by atoms with van der Waals surface area (Å²) in [5, 5.41) is 8.55. The monoisotopic (exact) mass is 222 g/mol. The van der Waals surface area contributed by atoms with Crippen molar-refractivity contribution in [2.45, 2.75) is 0 Å². The highest BCUT2D eigenvalue weighted by Crippen LogP contribution is 2.17. The van der Waals surface area contributed by atoms with Gasteiger partial charge in [0.2, 0.25) is 0 Å². The van der Waals surface area contributed by atoms with Crippen molar-refractivity contribution < 1.29 is 28.6 Å². The molecule has 0 atom stereocenters. The topological polar surface area (TPSA) is 89.9 Å². The van der Waals surface area contributed by atoms with Crippen LogP contribution in [0, 0.1) is 0 Å². The second-order valence-corrected chi connectivity index (χ2v) is 2.83. The Morgan fingerprint density at radius 2 is 1.69 bits per heavy atom. The lowest BCUT2D eigenvalue weighted by Crippen LogP contribution is -2.16. The van der Waals surface area contributed by atoms with Gasteiger partial charge in [0.15, 0.2) is 0 Å². The maximum atomic E-state index is 11.4. The lowest BCUT2D eigenvalue weighted by molar-refractivity contribution is -0.0357. The first-order chi connectivity index (χ1) is 7.68. The van der Waals surface area contributed by atoms with Gasteiger partial charge in [-0.15, -0.1) is 0 Å². The Morgan fingerprint density at radius 1 is 1.06 bits per heavy atom. The maximum absolute atomic E-state index is 11.4. The minimum atomic E-state index is -1.38. The van der Waals surface area contributed by atoms with Crippen LogP contribution in [0.25, 0.3) is 0 Å². The number of carboxylic acids is 1. The van der Waals surface area contributed by atoms with E-state index in [9.17, 15) is 9.59 Å². The molecule has 2 aromatic rings. The smallest absolute Gasteiger partial charge is 0.388 e. The molecule has 0 bridgehead atoms. The third-order valence-electron chi connectivity index (χ3n) is 1.75. The summed E-state index contributed by atoms with van der Waals surface area (Å²) in [6, 6.07) is 8.21. The predicted octanol–water partition coefficient (Wildman–Crippen LogP) is 1.79. The lowest BCUT2D eigenvalue weighted by Gasteiger charge is -2.05. The molecule has 1 aromatic heterocycles. The molecule has 1 N–H and O–H groups in total. The molecule has 0 saturated carbocycles. The molecule has 0 amide bonds. The van der Waals surface area contributed by atoms with Crippen molar-refractivity contribution in [3.8, 4) is 5.75 Å². The number of rotatable bonds is 3. The summed E-state index contributed by atoms with van der Waals surface area (Å²) in [4.78, 5) is 21.8. The van der Waals surface area contributed by atoms with Gasteiger partial charge in [0.05, 0.1) is 0 Å². The van der Waals surface area contributed by atoms with Gasteiger partial charge in [-0.2, -0.15) is 0 Å². The number of ether oxygens (including phenoxy) is 1. The van der Waals surface area contributed by atoms with Gasteiger partial charge in [-0.05, 0) is 12.1 Å². The molecule has 0 fully saturated rings. The largest absolute Gasteiger partial charge is 0.475 e. The summed E-state index contributed by atoms with van der Waals surface area (Å²) in [5.41, 5.74) is 0. The summed E-state index contributed by atoms with van der Waals surface area (Å²) < 4.78 is 13.2. The van der Waals surface area contributed by atoms with Crippen LogP contribution in [0.1, 0.15) is 21.1 Å². The second kappa shape index (κ2) is 3.93. The molecular weight excluding hydrogens is 216 g/mol. The number of carboxylic acid groups (broad SMARTS) is 1. The van der Waals surface area contributed by atoms with Crippen LogP contribution in [0.2, 0.25) is 0 Å². The van der Waals surface area contributed by atoms with Crippen LogP contribution < -0.4 is 4.74 Å². The zero-order valence-electron chi connectivity index (χ0n) is 7.88. The molecule has 16 heavy (non-hydrogen) atoms. The van der Waals surface area contributed by atoms with E-state index in [0.717, 1.165) is 0 Å². The van der Waals surface area contributed by atoms with Crippen molar-refractivity contribution in [1.82, 2.24) is 0 Å². The highest BCUT2D eigenvalue weighted by Gasteiger charge is 2.30. The van der Waals surface area contributed by atoms with E-state index in [2.05, 4.69) is 9.15 Å². The molecular formula is C10H6O6. The van der Waals surface area contributed by atoms with Crippen molar-refractivity contribution in [2.75, 3.05) is 0 Å². The van der Waals surface area contributed by atoms with E-state index in [1.807, 2.05) is 0 Å². The van der Waals surface area contributed by atoms with E-state index in [1.165, 1.54) is 0 Å². The molecule has 0 saturated heterocycles. The molecule has 1 aromatic carbocycles. The second-order valence-electron chi connectivity index (χ2n) is 2.83. The third kappa shape index (κ3) is 1.81. The summed E-state index contributed by atoms with van der Waals surface area (Å²) in [7, 11) is 0. The fraction of sp³-hybridized carbons (Fsp3) is 0. The molecule has 0 unspecified atom stereocenters. The quantitative estimate of drug-likeness (QED) is 0.483. The highest BCUT2D eigenvalue weighted by atomic mass is 17.0. The SMILES string of the molecule is O=C(O)c1ooc1C(=O)Oc1ccccc1. The third-order valence-corrected chi connectivity index (χ3v) is 1.75. The van der Waals surface area contributed by atoms with Crippen LogP contribution in [0.5, 0.6) is 5.75 Å². The van der Waals surface area contributed by atoms with Gasteiger partial charge in [-0.1, -0.05) is 18.2 Å². The van der Waals surface area contributed by atoms with Gasteiger partial charge in [-0.25, -0.2) is 9.59 Å². The average Bonchev–Trinajstić information content (AvgIpc) is 2.16. The van der Waals surface area contributed by atoms with E-state index in [4.69, 9.17) is 9.84 Å². The molecule has 6 heteroatoms. The zero-order chi connectivity index (χ0) is 11.5.